The van der Waals surface area contributed by atoms with Gasteiger partial charge in [0.25, 0.3) is 5.91 Å². The summed E-state index contributed by atoms with van der Waals surface area (Å²) in [5.41, 5.74) is 2.66. The minimum absolute atomic E-state index is 0.00877. The van der Waals surface area contributed by atoms with Crippen LogP contribution in [0.15, 0.2) is 59.6 Å². The van der Waals surface area contributed by atoms with Gasteiger partial charge in [-0.2, -0.15) is 5.10 Å². The number of hydrogen-bond acceptors (Lipinski definition) is 6. The second kappa shape index (κ2) is 8.08. The van der Waals surface area contributed by atoms with Crippen LogP contribution in [0.4, 0.5) is 0 Å². The smallest absolute Gasteiger partial charge is 0.252 e. The third-order valence-corrected chi connectivity index (χ3v) is 5.19. The predicted molar refractivity (Wildman–Crippen MR) is 110 cm³/mol. The third kappa shape index (κ3) is 3.69. The summed E-state index contributed by atoms with van der Waals surface area (Å²) in [6.45, 7) is 1.71. The molecule has 1 aliphatic rings. The number of carbonyl (C=O) groups excluding carboxylic acids is 1. The van der Waals surface area contributed by atoms with Gasteiger partial charge in [0.05, 0.1) is 41.8 Å². The van der Waals surface area contributed by atoms with E-state index in [0.717, 1.165) is 30.8 Å². The van der Waals surface area contributed by atoms with Crippen LogP contribution < -0.4 is 5.32 Å². The Morgan fingerprint density at radius 1 is 1.27 bits per heavy atom. The summed E-state index contributed by atoms with van der Waals surface area (Å²) < 4.78 is 12.7. The van der Waals surface area contributed by atoms with Crippen LogP contribution in [0.3, 0.4) is 0 Å². The normalized spacial score (nSPS) is 16.6. The average Bonchev–Trinajstić information content (AvgIpc) is 3.45. The third-order valence-electron chi connectivity index (χ3n) is 5.19. The lowest BCUT2D eigenvalue weighted by Crippen LogP contribution is -2.40. The fourth-order valence-electron chi connectivity index (χ4n) is 3.68. The molecule has 1 unspecified atom stereocenters. The van der Waals surface area contributed by atoms with E-state index in [0.29, 0.717) is 35.4 Å². The molecule has 0 spiro atoms. The molecule has 30 heavy (non-hydrogen) atoms. The molecular weight excluding hydrogens is 382 g/mol. The Morgan fingerprint density at radius 3 is 3.00 bits per heavy atom. The molecule has 4 aromatic rings. The topological polar surface area (TPSA) is 95.1 Å². The number of amides is 1. The summed E-state index contributed by atoms with van der Waals surface area (Å²) in [6.07, 6.45) is 8.61. The highest BCUT2D eigenvalue weighted by Crippen LogP contribution is 2.25. The Morgan fingerprint density at radius 2 is 2.23 bits per heavy atom. The molecule has 1 saturated heterocycles. The van der Waals surface area contributed by atoms with Crippen LogP contribution in [-0.4, -0.2) is 44.9 Å². The Kier molecular flexibility index (Phi) is 4.98. The zero-order valence-corrected chi connectivity index (χ0v) is 16.3. The first-order valence-electron chi connectivity index (χ1n) is 9.96. The summed E-state index contributed by atoms with van der Waals surface area (Å²) in [6, 6.07) is 9.30. The Labute approximate surface area is 172 Å². The van der Waals surface area contributed by atoms with Gasteiger partial charge in [-0.25, -0.2) is 9.67 Å². The highest BCUT2D eigenvalue weighted by molar-refractivity contribution is 6.06. The Hall–Kier alpha value is -3.52. The zero-order valence-electron chi connectivity index (χ0n) is 16.3. The number of pyridine rings is 2. The van der Waals surface area contributed by atoms with Crippen LogP contribution in [0, 0.1) is 0 Å². The summed E-state index contributed by atoms with van der Waals surface area (Å²) in [4.78, 5) is 22.1. The molecule has 0 radical (unpaired) electrons. The standard InChI is InChI=1S/C22H21N5O3/c28-22(25-16-5-2-8-29-14-16)18-10-20(15-4-1-7-23-11-15)26-21-19(18)12-24-27(21)13-17-6-3-9-30-17/h1,3-4,6-7,9-12,16H,2,5,8,13-14H2,(H,25,28). The number of furan rings is 1. The Bertz CT molecular complexity index is 1150. The molecular formula is C22H21N5O3. The number of hydrogen-bond donors (Lipinski definition) is 1. The average molecular weight is 403 g/mol. The van der Waals surface area contributed by atoms with Crippen molar-refractivity contribution in [1.29, 1.82) is 0 Å². The van der Waals surface area contributed by atoms with Crippen LogP contribution in [0.1, 0.15) is 29.0 Å². The number of ether oxygens (including phenoxy) is 1. The van der Waals surface area contributed by atoms with Crippen molar-refractivity contribution in [1.82, 2.24) is 25.1 Å². The molecule has 1 amide bonds. The molecule has 0 aromatic carbocycles. The second-order valence-electron chi connectivity index (χ2n) is 7.30. The summed E-state index contributed by atoms with van der Waals surface area (Å²) in [5, 5.41) is 8.26. The number of carbonyl (C=O) groups is 1. The maximum Gasteiger partial charge on any atom is 0.252 e. The van der Waals surface area contributed by atoms with E-state index < -0.39 is 0 Å². The molecule has 0 saturated carbocycles. The van der Waals surface area contributed by atoms with E-state index in [9.17, 15) is 4.79 Å². The summed E-state index contributed by atoms with van der Waals surface area (Å²) in [5.74, 6) is 0.611. The van der Waals surface area contributed by atoms with Crippen molar-refractivity contribution in [3.05, 3.63) is 66.5 Å². The molecule has 1 N–H and O–H groups in total. The van der Waals surface area contributed by atoms with Crippen LogP contribution in [0.25, 0.3) is 22.3 Å². The summed E-state index contributed by atoms with van der Waals surface area (Å²) in [7, 11) is 0. The lowest BCUT2D eigenvalue weighted by atomic mass is 10.1. The van der Waals surface area contributed by atoms with Gasteiger partial charge in [0, 0.05) is 24.6 Å². The first-order valence-corrected chi connectivity index (χ1v) is 9.96. The maximum atomic E-state index is 13.2. The van der Waals surface area contributed by atoms with Gasteiger partial charge in [-0.15, -0.1) is 0 Å². The molecule has 8 heteroatoms. The van der Waals surface area contributed by atoms with Gasteiger partial charge < -0.3 is 14.5 Å². The highest BCUT2D eigenvalue weighted by atomic mass is 16.5. The van der Waals surface area contributed by atoms with Gasteiger partial charge in [-0.1, -0.05) is 0 Å². The second-order valence-corrected chi connectivity index (χ2v) is 7.30. The first kappa shape index (κ1) is 18.5. The van der Waals surface area contributed by atoms with Crippen LogP contribution >= 0.6 is 0 Å². The fraction of sp³-hybridized carbons (Fsp3) is 0.273. The van der Waals surface area contributed by atoms with Gasteiger partial charge in [-0.05, 0) is 43.2 Å². The molecule has 1 fully saturated rings. The monoisotopic (exact) mass is 403 g/mol. The van der Waals surface area contributed by atoms with Crippen molar-refractivity contribution in [2.24, 2.45) is 0 Å². The molecule has 4 aromatic heterocycles. The quantitative estimate of drug-likeness (QED) is 0.550. The van der Waals surface area contributed by atoms with Gasteiger partial charge in [0.2, 0.25) is 0 Å². The first-order chi connectivity index (χ1) is 14.8. The maximum absolute atomic E-state index is 13.2. The predicted octanol–water partition coefficient (Wildman–Crippen LogP) is 3.04. The van der Waals surface area contributed by atoms with E-state index in [1.807, 2.05) is 24.3 Å². The Balaban J connectivity index is 1.57. The summed E-state index contributed by atoms with van der Waals surface area (Å²) >= 11 is 0. The van der Waals surface area contributed by atoms with E-state index in [1.54, 1.807) is 35.6 Å². The van der Waals surface area contributed by atoms with Gasteiger partial charge in [0.1, 0.15) is 12.3 Å². The minimum Gasteiger partial charge on any atom is -0.467 e. The number of fused-ring (bicyclic) bond motifs is 1. The zero-order chi connectivity index (χ0) is 20.3. The lowest BCUT2D eigenvalue weighted by molar-refractivity contribution is 0.0625. The molecule has 5 rings (SSSR count). The van der Waals surface area contributed by atoms with E-state index in [-0.39, 0.29) is 11.9 Å². The van der Waals surface area contributed by atoms with Crippen molar-refractivity contribution >= 4 is 16.9 Å². The van der Waals surface area contributed by atoms with Crippen LogP contribution in [-0.2, 0) is 11.3 Å². The van der Waals surface area contributed by atoms with Gasteiger partial charge in [0.15, 0.2) is 5.65 Å². The lowest BCUT2D eigenvalue weighted by Gasteiger charge is -2.23. The van der Waals surface area contributed by atoms with Crippen molar-refractivity contribution in [2.45, 2.75) is 25.4 Å². The van der Waals surface area contributed by atoms with E-state index >= 15 is 0 Å². The fourth-order valence-corrected chi connectivity index (χ4v) is 3.68. The van der Waals surface area contributed by atoms with E-state index in [4.69, 9.17) is 14.1 Å². The van der Waals surface area contributed by atoms with Crippen molar-refractivity contribution in [3.63, 3.8) is 0 Å². The number of nitrogens with zero attached hydrogens (tertiary/aromatic N) is 4. The molecule has 0 aliphatic carbocycles. The van der Waals surface area contributed by atoms with Crippen molar-refractivity contribution in [3.8, 4) is 11.3 Å². The molecule has 5 heterocycles. The SMILES string of the molecule is O=C(NC1CCCOC1)c1cc(-c2cccnc2)nc2c1cnn2Cc1ccco1. The number of nitrogens with one attached hydrogen (secondary N) is 1. The van der Waals surface area contributed by atoms with Crippen molar-refractivity contribution < 1.29 is 13.9 Å². The molecule has 1 aliphatic heterocycles. The molecule has 152 valence electrons. The van der Waals surface area contributed by atoms with Crippen LogP contribution in [0.5, 0.6) is 0 Å². The van der Waals surface area contributed by atoms with Crippen molar-refractivity contribution in [2.75, 3.05) is 13.2 Å². The van der Waals surface area contributed by atoms with E-state index in [1.165, 1.54) is 0 Å². The van der Waals surface area contributed by atoms with Gasteiger partial charge in [-0.3, -0.25) is 9.78 Å². The molecule has 1 atom stereocenters. The molecule has 0 bridgehead atoms. The highest BCUT2D eigenvalue weighted by Gasteiger charge is 2.22. The van der Waals surface area contributed by atoms with Gasteiger partial charge >= 0.3 is 0 Å². The van der Waals surface area contributed by atoms with Crippen LogP contribution in [0.2, 0.25) is 0 Å². The minimum atomic E-state index is -0.152. The largest absolute Gasteiger partial charge is 0.467 e. The number of aromatic nitrogens is 4. The molecule has 8 nitrogen and oxygen atoms in total. The van der Waals surface area contributed by atoms with E-state index in [2.05, 4.69) is 15.4 Å². The number of rotatable bonds is 5.